The summed E-state index contributed by atoms with van der Waals surface area (Å²) in [6, 6.07) is 0. The fourth-order valence-corrected chi connectivity index (χ4v) is 0. The molecule has 3 heteroatoms. The zero-order valence-corrected chi connectivity index (χ0v) is 8.63. The van der Waals surface area contributed by atoms with E-state index in [4.69, 9.17) is 4.79 Å². The molecule has 0 aliphatic carbocycles. The zero-order valence-electron chi connectivity index (χ0n) is 2.98. The van der Waals surface area contributed by atoms with Crippen LogP contribution in [0.15, 0.2) is 12.7 Å². The fourth-order valence-electron chi connectivity index (χ4n) is 0. The second-order valence-corrected chi connectivity index (χ2v) is 0.322. The van der Waals surface area contributed by atoms with Gasteiger partial charge in [-0.2, -0.15) is 0 Å². The van der Waals surface area contributed by atoms with Crippen molar-refractivity contribution in [2.75, 3.05) is 0 Å². The quantitative estimate of drug-likeness (QED) is 0.436. The van der Waals surface area contributed by atoms with Crippen molar-refractivity contribution in [3.63, 3.8) is 0 Å². The van der Waals surface area contributed by atoms with Gasteiger partial charge in [-0.15, -0.1) is 0 Å². The van der Waals surface area contributed by atoms with E-state index in [0.717, 1.165) is 6.08 Å². The molecule has 0 heterocycles. The maximum Gasteiger partial charge on any atom is 0 e. The van der Waals surface area contributed by atoms with Crippen molar-refractivity contribution < 1.29 is 46.3 Å². The van der Waals surface area contributed by atoms with E-state index in [-0.39, 0.29) is 41.5 Å². The summed E-state index contributed by atoms with van der Waals surface area (Å²) in [7, 11) is 0. The van der Waals surface area contributed by atoms with Gasteiger partial charge in [0, 0.05) is 41.5 Å². The number of hydrogen-bond donors (Lipinski definition) is 0. The van der Waals surface area contributed by atoms with Crippen molar-refractivity contribution >= 4 is 6.29 Å². The van der Waals surface area contributed by atoms with Crippen LogP contribution >= 0.6 is 0 Å². The number of allylic oxidation sites excluding steroid dienone is 1. The Labute approximate surface area is 65.1 Å². The van der Waals surface area contributed by atoms with Crippen molar-refractivity contribution in [3.8, 4) is 0 Å². The SMILES string of the molecule is C=C[C-]=O.[Re].[W]. The molecule has 0 rings (SSSR count). The smallest absolute Gasteiger partial charge is 0 e. The fraction of sp³-hybridized carbons (Fsp3) is 0. The summed E-state index contributed by atoms with van der Waals surface area (Å²) >= 11 is 0. The van der Waals surface area contributed by atoms with E-state index in [0.29, 0.717) is 0 Å². The van der Waals surface area contributed by atoms with Gasteiger partial charge in [-0.3, -0.25) is 0 Å². The Morgan fingerprint density at radius 1 is 1.67 bits per heavy atom. The summed E-state index contributed by atoms with van der Waals surface area (Å²) in [5, 5.41) is 0. The van der Waals surface area contributed by atoms with E-state index >= 15 is 0 Å². The van der Waals surface area contributed by atoms with Gasteiger partial charge in [0.2, 0.25) is 0 Å². The first-order valence-corrected chi connectivity index (χ1v) is 0.901. The summed E-state index contributed by atoms with van der Waals surface area (Å²) in [6.45, 7) is 3.06. The second kappa shape index (κ2) is 17.1. The van der Waals surface area contributed by atoms with Crippen molar-refractivity contribution in [2.24, 2.45) is 0 Å². The van der Waals surface area contributed by atoms with Crippen LogP contribution in [0.1, 0.15) is 0 Å². The van der Waals surface area contributed by atoms with Gasteiger partial charge >= 0.3 is 0 Å². The standard InChI is InChI=1S/C3H3O.Re.W/c1-2-3-4;;/h2H,1H2;;/q-1;;. The van der Waals surface area contributed by atoms with Crippen LogP contribution < -0.4 is 0 Å². The number of hydrogen-bond acceptors (Lipinski definition) is 1. The number of carbonyl (C=O) groups excluding carboxylic acids is 1. The Kier molecular flexibility index (Phi) is 45.3. The first-order valence-electron chi connectivity index (χ1n) is 0.901. The van der Waals surface area contributed by atoms with Crippen molar-refractivity contribution in [2.45, 2.75) is 0 Å². The Morgan fingerprint density at radius 3 is 1.83 bits per heavy atom. The topological polar surface area (TPSA) is 17.1 Å². The van der Waals surface area contributed by atoms with Crippen LogP contribution in [0, 0.1) is 0 Å². The van der Waals surface area contributed by atoms with Crippen LogP contribution in [0.3, 0.4) is 0 Å². The van der Waals surface area contributed by atoms with Gasteiger partial charge in [-0.25, -0.2) is 12.7 Å². The third-order valence-corrected chi connectivity index (χ3v) is 0.0833. The van der Waals surface area contributed by atoms with Gasteiger partial charge in [0.05, 0.1) is 0 Å². The van der Waals surface area contributed by atoms with Gasteiger partial charge in [0.15, 0.2) is 0 Å². The molecule has 0 bridgehead atoms. The van der Waals surface area contributed by atoms with E-state index in [9.17, 15) is 0 Å². The largest absolute Gasteiger partial charge is 0.419 e. The first kappa shape index (κ1) is 15.9. The van der Waals surface area contributed by atoms with Gasteiger partial charge in [0.1, 0.15) is 0 Å². The van der Waals surface area contributed by atoms with Gasteiger partial charge in [0.25, 0.3) is 0 Å². The summed E-state index contributed by atoms with van der Waals surface area (Å²) < 4.78 is 0. The second-order valence-electron chi connectivity index (χ2n) is 0.322. The molecular formula is C3H3OReW-. The van der Waals surface area contributed by atoms with Crippen molar-refractivity contribution in [1.29, 1.82) is 0 Å². The van der Waals surface area contributed by atoms with Gasteiger partial charge < -0.3 is 4.79 Å². The van der Waals surface area contributed by atoms with Crippen LogP contribution in [-0.4, -0.2) is 6.29 Å². The molecule has 0 aliphatic rings. The van der Waals surface area contributed by atoms with Crippen molar-refractivity contribution in [3.05, 3.63) is 12.7 Å². The Hall–Kier alpha value is 0.761. The molecule has 0 spiro atoms. The van der Waals surface area contributed by atoms with E-state index in [2.05, 4.69) is 6.58 Å². The molecule has 0 atom stereocenters. The molecule has 0 saturated heterocycles. The monoisotopic (exact) mass is 426 g/mol. The molecule has 0 N–H and O–H groups in total. The van der Waals surface area contributed by atoms with E-state index in [1.54, 1.807) is 0 Å². The normalized spacial score (nSPS) is 3.33. The summed E-state index contributed by atoms with van der Waals surface area (Å²) in [4.78, 5) is 8.93. The van der Waals surface area contributed by atoms with Crippen LogP contribution in [-0.2, 0) is 46.3 Å². The minimum absolute atomic E-state index is 0. The molecule has 35 valence electrons. The van der Waals surface area contributed by atoms with E-state index in [1.807, 2.05) is 0 Å². The van der Waals surface area contributed by atoms with Gasteiger partial charge in [-0.05, 0) is 6.29 Å². The average Bonchev–Trinajstić information content (AvgIpc) is 1.37. The molecule has 0 aromatic heterocycles. The molecule has 0 saturated carbocycles. The maximum absolute atomic E-state index is 8.93. The zero-order chi connectivity index (χ0) is 3.41. The predicted molar refractivity (Wildman–Crippen MR) is 15.9 cm³/mol. The van der Waals surface area contributed by atoms with Crippen LogP contribution in [0.2, 0.25) is 0 Å². The minimum Gasteiger partial charge on any atom is -0.419 e. The molecule has 0 aromatic rings. The van der Waals surface area contributed by atoms with Crippen LogP contribution in [0.25, 0.3) is 0 Å². The summed E-state index contributed by atoms with van der Waals surface area (Å²) in [6.07, 6.45) is 2.51. The first-order chi connectivity index (χ1) is 1.91. The molecule has 1 radical (unpaired) electrons. The van der Waals surface area contributed by atoms with E-state index < -0.39 is 0 Å². The van der Waals surface area contributed by atoms with Crippen molar-refractivity contribution in [1.82, 2.24) is 0 Å². The Morgan fingerprint density at radius 2 is 1.83 bits per heavy atom. The molecule has 0 aliphatic heterocycles. The van der Waals surface area contributed by atoms with Crippen LogP contribution in [0.5, 0.6) is 0 Å². The summed E-state index contributed by atoms with van der Waals surface area (Å²) in [5.41, 5.74) is 0. The molecular weight excluding hydrogens is 422 g/mol. The molecule has 1 nitrogen and oxygen atoms in total. The molecule has 6 heavy (non-hydrogen) atoms. The Bertz CT molecular complexity index is 31.8. The molecule has 0 aromatic carbocycles. The Balaban J connectivity index is -0.0000000450. The van der Waals surface area contributed by atoms with Gasteiger partial charge in [-0.1, -0.05) is 0 Å². The molecule has 0 fully saturated rings. The third kappa shape index (κ3) is 21.7. The van der Waals surface area contributed by atoms with E-state index in [1.165, 1.54) is 6.29 Å². The third-order valence-electron chi connectivity index (χ3n) is 0.0833. The van der Waals surface area contributed by atoms with Crippen LogP contribution in [0.4, 0.5) is 0 Å². The number of rotatable bonds is 1. The summed E-state index contributed by atoms with van der Waals surface area (Å²) in [5.74, 6) is 0. The average molecular weight is 425 g/mol. The minimum atomic E-state index is 0. The molecule has 0 unspecified atom stereocenters. The predicted octanol–water partition coefficient (Wildman–Crippen LogP) is 0.277. The maximum atomic E-state index is 8.93. The molecule has 0 amide bonds.